The molecule has 1 N–H and O–H groups in total. The van der Waals surface area contributed by atoms with Gasteiger partial charge in [-0.3, -0.25) is 15.0 Å². The molecular formula is C13H19FN2O3. The second kappa shape index (κ2) is 7.16. The lowest BCUT2D eigenvalue weighted by atomic mass is 10.1. The molecule has 19 heavy (non-hydrogen) atoms. The van der Waals surface area contributed by atoms with Crippen LogP contribution in [0.4, 0.5) is 10.1 Å². The lowest BCUT2D eigenvalue weighted by Crippen LogP contribution is -2.32. The van der Waals surface area contributed by atoms with Crippen LogP contribution in [0.3, 0.4) is 0 Å². The van der Waals surface area contributed by atoms with E-state index in [4.69, 9.17) is 5.11 Å². The summed E-state index contributed by atoms with van der Waals surface area (Å²) in [5.41, 5.74) is 0.285. The van der Waals surface area contributed by atoms with Gasteiger partial charge in [0.1, 0.15) is 5.82 Å². The fraction of sp³-hybridized carbons (Fsp3) is 0.538. The Morgan fingerprint density at radius 3 is 2.68 bits per heavy atom. The van der Waals surface area contributed by atoms with Crippen molar-refractivity contribution >= 4 is 5.69 Å². The molecular weight excluding hydrogens is 251 g/mol. The van der Waals surface area contributed by atoms with E-state index in [-0.39, 0.29) is 18.3 Å². The number of aliphatic hydroxyl groups excluding tert-OH is 1. The van der Waals surface area contributed by atoms with Crippen LogP contribution >= 0.6 is 0 Å². The van der Waals surface area contributed by atoms with Crippen molar-refractivity contribution in [1.29, 1.82) is 0 Å². The summed E-state index contributed by atoms with van der Waals surface area (Å²) in [4.78, 5) is 12.4. The van der Waals surface area contributed by atoms with Gasteiger partial charge in [-0.1, -0.05) is 0 Å². The molecule has 5 nitrogen and oxygen atoms in total. The number of halogens is 1. The average molecular weight is 270 g/mol. The maximum absolute atomic E-state index is 13.2. The molecule has 0 aliphatic carbocycles. The Balaban J connectivity index is 2.94. The van der Waals surface area contributed by atoms with Crippen molar-refractivity contribution < 1.29 is 14.4 Å². The lowest BCUT2D eigenvalue weighted by molar-refractivity contribution is -0.385. The van der Waals surface area contributed by atoms with Gasteiger partial charge >= 0.3 is 0 Å². The van der Waals surface area contributed by atoms with Crippen LogP contribution in [0, 0.1) is 15.9 Å². The molecule has 0 heterocycles. The molecule has 1 aromatic carbocycles. The van der Waals surface area contributed by atoms with Gasteiger partial charge in [0.2, 0.25) is 0 Å². The zero-order chi connectivity index (χ0) is 14.4. The summed E-state index contributed by atoms with van der Waals surface area (Å²) in [5.74, 6) is -0.480. The standard InChI is InChI=1S/C13H19FN2O3/c1-10(2)15(6-3-7-17)9-11-8-12(14)4-5-13(11)16(18)19/h4-5,8,10,17H,3,6-7,9H2,1-2H3. The topological polar surface area (TPSA) is 66.6 Å². The molecule has 0 aliphatic heterocycles. The second-order valence-electron chi connectivity index (χ2n) is 4.67. The number of nitro groups is 1. The average Bonchev–Trinajstić information content (AvgIpc) is 2.33. The SMILES string of the molecule is CC(C)N(CCCO)Cc1cc(F)ccc1[N+](=O)[O-]. The maximum Gasteiger partial charge on any atom is 0.274 e. The Kier molecular flexibility index (Phi) is 5.85. The number of hydrogen-bond acceptors (Lipinski definition) is 4. The number of hydrogen-bond donors (Lipinski definition) is 1. The van der Waals surface area contributed by atoms with Gasteiger partial charge in [-0.25, -0.2) is 4.39 Å². The van der Waals surface area contributed by atoms with Gasteiger partial charge in [0.25, 0.3) is 5.69 Å². The van der Waals surface area contributed by atoms with Gasteiger partial charge in [-0.05, 0) is 32.4 Å². The van der Waals surface area contributed by atoms with E-state index in [2.05, 4.69) is 0 Å². The lowest BCUT2D eigenvalue weighted by Gasteiger charge is -2.26. The van der Waals surface area contributed by atoms with Crippen LogP contribution in [0.2, 0.25) is 0 Å². The Labute approximate surface area is 111 Å². The molecule has 0 radical (unpaired) electrons. The van der Waals surface area contributed by atoms with Crippen LogP contribution in [0.15, 0.2) is 18.2 Å². The normalized spacial score (nSPS) is 11.3. The largest absolute Gasteiger partial charge is 0.396 e. The molecule has 0 spiro atoms. The fourth-order valence-electron chi connectivity index (χ4n) is 1.87. The van der Waals surface area contributed by atoms with Crippen molar-refractivity contribution in [3.8, 4) is 0 Å². The van der Waals surface area contributed by atoms with Crippen LogP contribution in [0.25, 0.3) is 0 Å². The van der Waals surface area contributed by atoms with Crippen molar-refractivity contribution in [2.75, 3.05) is 13.2 Å². The van der Waals surface area contributed by atoms with Crippen LogP contribution in [-0.2, 0) is 6.54 Å². The predicted octanol–water partition coefficient (Wildman–Crippen LogP) is 2.33. The molecule has 0 saturated carbocycles. The van der Waals surface area contributed by atoms with Gasteiger partial charge < -0.3 is 5.11 Å². The number of nitro benzene ring substituents is 1. The van der Waals surface area contributed by atoms with Gasteiger partial charge in [0.05, 0.1) is 4.92 Å². The molecule has 1 rings (SSSR count). The quantitative estimate of drug-likeness (QED) is 0.610. The minimum absolute atomic E-state index is 0.0640. The zero-order valence-corrected chi connectivity index (χ0v) is 11.2. The molecule has 0 bridgehead atoms. The third-order valence-electron chi connectivity index (χ3n) is 2.95. The Morgan fingerprint density at radius 1 is 1.47 bits per heavy atom. The van der Waals surface area contributed by atoms with Crippen LogP contribution in [0.1, 0.15) is 25.8 Å². The first kappa shape index (κ1) is 15.5. The molecule has 0 atom stereocenters. The van der Waals surface area contributed by atoms with E-state index in [1.54, 1.807) is 0 Å². The second-order valence-corrected chi connectivity index (χ2v) is 4.67. The molecule has 0 amide bonds. The molecule has 0 aliphatic rings. The van der Waals surface area contributed by atoms with Gasteiger partial charge in [-0.15, -0.1) is 0 Å². The summed E-state index contributed by atoms with van der Waals surface area (Å²) in [6.45, 7) is 4.90. The van der Waals surface area contributed by atoms with E-state index in [0.717, 1.165) is 6.07 Å². The highest BCUT2D eigenvalue weighted by atomic mass is 19.1. The van der Waals surface area contributed by atoms with E-state index in [1.165, 1.54) is 12.1 Å². The van der Waals surface area contributed by atoms with Crippen molar-refractivity contribution in [3.63, 3.8) is 0 Å². The Bertz CT molecular complexity index is 438. The Morgan fingerprint density at radius 2 is 2.16 bits per heavy atom. The van der Waals surface area contributed by atoms with Gasteiger partial charge in [0, 0.05) is 37.4 Å². The van der Waals surface area contributed by atoms with Crippen molar-refractivity contribution in [2.45, 2.75) is 32.9 Å². The third kappa shape index (κ3) is 4.57. The first-order chi connectivity index (χ1) is 8.95. The van der Waals surface area contributed by atoms with Gasteiger partial charge in [0.15, 0.2) is 0 Å². The van der Waals surface area contributed by atoms with E-state index in [1.807, 2.05) is 18.7 Å². The predicted molar refractivity (Wildman–Crippen MR) is 70.3 cm³/mol. The highest BCUT2D eigenvalue weighted by Crippen LogP contribution is 2.22. The summed E-state index contributed by atoms with van der Waals surface area (Å²) in [7, 11) is 0. The first-order valence-corrected chi connectivity index (χ1v) is 6.23. The van der Waals surface area contributed by atoms with E-state index >= 15 is 0 Å². The summed E-state index contributed by atoms with van der Waals surface area (Å²) in [6, 6.07) is 3.64. The van der Waals surface area contributed by atoms with E-state index < -0.39 is 10.7 Å². The van der Waals surface area contributed by atoms with Crippen LogP contribution < -0.4 is 0 Å². The summed E-state index contributed by atoms with van der Waals surface area (Å²) in [6.07, 6.45) is 0.585. The van der Waals surface area contributed by atoms with Crippen molar-refractivity contribution in [2.24, 2.45) is 0 Å². The third-order valence-corrected chi connectivity index (χ3v) is 2.95. The minimum Gasteiger partial charge on any atom is -0.396 e. The summed E-state index contributed by atoms with van der Waals surface area (Å²) >= 11 is 0. The number of benzene rings is 1. The monoisotopic (exact) mass is 270 g/mol. The smallest absolute Gasteiger partial charge is 0.274 e. The first-order valence-electron chi connectivity index (χ1n) is 6.23. The maximum atomic E-state index is 13.2. The number of aliphatic hydroxyl groups is 1. The molecule has 0 aromatic heterocycles. The highest BCUT2D eigenvalue weighted by Gasteiger charge is 2.18. The molecule has 0 saturated heterocycles. The summed E-state index contributed by atoms with van der Waals surface area (Å²) in [5, 5.41) is 19.8. The van der Waals surface area contributed by atoms with Crippen LogP contribution in [-0.4, -0.2) is 34.1 Å². The number of rotatable bonds is 7. The molecule has 1 aromatic rings. The van der Waals surface area contributed by atoms with Gasteiger partial charge in [-0.2, -0.15) is 0 Å². The molecule has 0 fully saturated rings. The number of nitrogens with zero attached hydrogens (tertiary/aromatic N) is 2. The highest BCUT2D eigenvalue weighted by molar-refractivity contribution is 5.40. The van der Waals surface area contributed by atoms with Crippen molar-refractivity contribution in [3.05, 3.63) is 39.7 Å². The Hall–Kier alpha value is -1.53. The molecule has 0 unspecified atom stereocenters. The van der Waals surface area contributed by atoms with E-state index in [9.17, 15) is 14.5 Å². The summed E-state index contributed by atoms with van der Waals surface area (Å²) < 4.78 is 13.2. The van der Waals surface area contributed by atoms with E-state index in [0.29, 0.717) is 25.1 Å². The minimum atomic E-state index is -0.501. The zero-order valence-electron chi connectivity index (χ0n) is 11.2. The van der Waals surface area contributed by atoms with Crippen LogP contribution in [0.5, 0.6) is 0 Å². The molecule has 106 valence electrons. The molecule has 6 heteroatoms. The fourth-order valence-corrected chi connectivity index (χ4v) is 1.87. The van der Waals surface area contributed by atoms with Crippen molar-refractivity contribution in [1.82, 2.24) is 4.90 Å².